The SMILES string of the molecule is CC(COC(C)(C)CC(=O)NC(C)(C)C)NC(=O)CNC(=O)C(C)(C)C. The fourth-order valence-corrected chi connectivity index (χ4v) is 2.04. The molecule has 0 spiro atoms. The summed E-state index contributed by atoms with van der Waals surface area (Å²) >= 11 is 0. The van der Waals surface area contributed by atoms with Crippen LogP contribution in [0, 0.1) is 5.41 Å². The molecule has 3 N–H and O–H groups in total. The first kappa shape index (κ1) is 24.4. The summed E-state index contributed by atoms with van der Waals surface area (Å²) in [6.45, 7) is 16.8. The molecular formula is C19H37N3O4. The molecule has 0 saturated carbocycles. The van der Waals surface area contributed by atoms with Gasteiger partial charge in [-0.05, 0) is 41.5 Å². The summed E-state index contributed by atoms with van der Waals surface area (Å²) in [5.41, 5.74) is -1.46. The number of nitrogens with one attached hydrogen (secondary N) is 3. The zero-order valence-corrected chi connectivity index (χ0v) is 17.8. The topological polar surface area (TPSA) is 96.5 Å². The second-order valence-corrected chi connectivity index (χ2v) is 9.45. The van der Waals surface area contributed by atoms with E-state index in [9.17, 15) is 14.4 Å². The van der Waals surface area contributed by atoms with Crippen molar-refractivity contribution in [2.45, 2.75) is 85.9 Å². The molecule has 0 fully saturated rings. The summed E-state index contributed by atoms with van der Waals surface area (Å²) in [4.78, 5) is 35.7. The van der Waals surface area contributed by atoms with Crippen molar-refractivity contribution in [2.75, 3.05) is 13.2 Å². The molecule has 0 aliphatic rings. The third-order valence-corrected chi connectivity index (χ3v) is 3.32. The minimum absolute atomic E-state index is 0.0716. The van der Waals surface area contributed by atoms with E-state index in [-0.39, 0.29) is 48.9 Å². The van der Waals surface area contributed by atoms with Crippen molar-refractivity contribution >= 4 is 17.7 Å². The number of carbonyl (C=O) groups is 3. The Kier molecular flexibility index (Phi) is 8.76. The van der Waals surface area contributed by atoms with Crippen LogP contribution >= 0.6 is 0 Å². The number of ether oxygens (including phenoxy) is 1. The fourth-order valence-electron chi connectivity index (χ4n) is 2.04. The second kappa shape index (κ2) is 9.35. The molecule has 7 nitrogen and oxygen atoms in total. The van der Waals surface area contributed by atoms with Gasteiger partial charge in [0.05, 0.1) is 25.2 Å². The lowest BCUT2D eigenvalue weighted by atomic mass is 9.96. The average molecular weight is 372 g/mol. The highest BCUT2D eigenvalue weighted by molar-refractivity contribution is 5.87. The normalized spacial score (nSPS) is 13.7. The number of hydrogen-bond donors (Lipinski definition) is 3. The van der Waals surface area contributed by atoms with Crippen LogP contribution in [0.4, 0.5) is 0 Å². The summed E-state index contributed by atoms with van der Waals surface area (Å²) in [7, 11) is 0. The van der Waals surface area contributed by atoms with E-state index in [0.717, 1.165) is 0 Å². The number of rotatable bonds is 8. The second-order valence-electron chi connectivity index (χ2n) is 9.45. The number of hydrogen-bond acceptors (Lipinski definition) is 4. The smallest absolute Gasteiger partial charge is 0.239 e. The maximum Gasteiger partial charge on any atom is 0.239 e. The number of amides is 3. The molecule has 3 amide bonds. The standard InChI is InChI=1S/C19H37N3O4/c1-13(21-15(24)11-20-16(25)17(2,3)4)12-26-19(8,9)10-14(23)22-18(5,6)7/h13H,10-12H2,1-9H3,(H,20,25)(H,21,24)(H,22,23). The molecule has 0 aromatic heterocycles. The van der Waals surface area contributed by atoms with Crippen LogP contribution in [0.3, 0.4) is 0 Å². The van der Waals surface area contributed by atoms with Crippen LogP contribution in [0.2, 0.25) is 0 Å². The molecule has 0 bridgehead atoms. The highest BCUT2D eigenvalue weighted by Gasteiger charge is 2.26. The van der Waals surface area contributed by atoms with Gasteiger partial charge in [0.15, 0.2) is 0 Å². The Balaban J connectivity index is 4.27. The van der Waals surface area contributed by atoms with Crippen molar-refractivity contribution in [3.63, 3.8) is 0 Å². The van der Waals surface area contributed by atoms with Gasteiger partial charge in [-0.15, -0.1) is 0 Å². The summed E-state index contributed by atoms with van der Waals surface area (Å²) in [5, 5.41) is 8.28. The van der Waals surface area contributed by atoms with E-state index < -0.39 is 11.0 Å². The van der Waals surface area contributed by atoms with Crippen molar-refractivity contribution in [3.05, 3.63) is 0 Å². The van der Waals surface area contributed by atoms with Gasteiger partial charge in [-0.25, -0.2) is 0 Å². The molecule has 0 rings (SSSR count). The van der Waals surface area contributed by atoms with Gasteiger partial charge in [-0.3, -0.25) is 14.4 Å². The Labute approximate surface area is 158 Å². The molecule has 0 aromatic carbocycles. The molecule has 0 radical (unpaired) electrons. The van der Waals surface area contributed by atoms with Gasteiger partial charge < -0.3 is 20.7 Å². The maximum atomic E-state index is 12.0. The summed E-state index contributed by atoms with van der Waals surface area (Å²) in [6, 6.07) is -0.237. The van der Waals surface area contributed by atoms with E-state index in [1.165, 1.54) is 0 Å². The van der Waals surface area contributed by atoms with E-state index in [1.807, 2.05) is 41.5 Å². The predicted molar refractivity (Wildman–Crippen MR) is 103 cm³/mol. The molecule has 0 aliphatic heterocycles. The molecule has 0 heterocycles. The quantitative estimate of drug-likeness (QED) is 0.606. The minimum Gasteiger partial charge on any atom is -0.373 e. The molecule has 1 atom stereocenters. The highest BCUT2D eigenvalue weighted by Crippen LogP contribution is 2.16. The van der Waals surface area contributed by atoms with E-state index in [2.05, 4.69) is 16.0 Å². The summed E-state index contributed by atoms with van der Waals surface area (Å²) < 4.78 is 5.79. The van der Waals surface area contributed by atoms with Crippen LogP contribution in [0.15, 0.2) is 0 Å². The Morgan fingerprint density at radius 3 is 1.92 bits per heavy atom. The van der Waals surface area contributed by atoms with Crippen LogP contribution in [0.1, 0.15) is 68.7 Å². The zero-order valence-electron chi connectivity index (χ0n) is 17.8. The molecule has 0 aliphatic carbocycles. The highest BCUT2D eigenvalue weighted by atomic mass is 16.5. The zero-order chi connectivity index (χ0) is 20.8. The van der Waals surface area contributed by atoms with Crippen LogP contribution < -0.4 is 16.0 Å². The molecule has 152 valence electrons. The van der Waals surface area contributed by atoms with E-state index >= 15 is 0 Å². The van der Waals surface area contributed by atoms with Gasteiger partial charge in [-0.2, -0.15) is 0 Å². The average Bonchev–Trinajstić information content (AvgIpc) is 2.38. The minimum atomic E-state index is -0.644. The van der Waals surface area contributed by atoms with E-state index in [1.54, 1.807) is 20.8 Å². The molecule has 0 aromatic rings. The van der Waals surface area contributed by atoms with Crippen LogP contribution in [0.5, 0.6) is 0 Å². The molecule has 26 heavy (non-hydrogen) atoms. The molecular weight excluding hydrogens is 334 g/mol. The van der Waals surface area contributed by atoms with Crippen molar-refractivity contribution in [1.82, 2.24) is 16.0 Å². The molecule has 1 unspecified atom stereocenters. The molecule has 0 saturated heterocycles. The van der Waals surface area contributed by atoms with Crippen molar-refractivity contribution < 1.29 is 19.1 Å². The van der Waals surface area contributed by atoms with Crippen LogP contribution in [-0.4, -0.2) is 48.1 Å². The largest absolute Gasteiger partial charge is 0.373 e. The maximum absolute atomic E-state index is 12.0. The predicted octanol–water partition coefficient (Wildman–Crippen LogP) is 1.75. The monoisotopic (exact) mass is 371 g/mol. The summed E-state index contributed by atoms with van der Waals surface area (Å²) in [5.74, 6) is -0.534. The van der Waals surface area contributed by atoms with Gasteiger partial charge in [0, 0.05) is 17.0 Å². The van der Waals surface area contributed by atoms with Crippen LogP contribution in [-0.2, 0) is 19.1 Å². The van der Waals surface area contributed by atoms with E-state index in [0.29, 0.717) is 0 Å². The van der Waals surface area contributed by atoms with Crippen molar-refractivity contribution in [3.8, 4) is 0 Å². The third-order valence-electron chi connectivity index (χ3n) is 3.32. The van der Waals surface area contributed by atoms with Crippen molar-refractivity contribution in [2.24, 2.45) is 5.41 Å². The van der Waals surface area contributed by atoms with Gasteiger partial charge in [0.1, 0.15) is 0 Å². The first-order valence-electron chi connectivity index (χ1n) is 9.04. The first-order valence-corrected chi connectivity index (χ1v) is 9.04. The van der Waals surface area contributed by atoms with Gasteiger partial charge in [0.2, 0.25) is 17.7 Å². The molecule has 7 heteroatoms. The van der Waals surface area contributed by atoms with Gasteiger partial charge in [0.25, 0.3) is 0 Å². The lowest BCUT2D eigenvalue weighted by molar-refractivity contribution is -0.132. The van der Waals surface area contributed by atoms with Crippen molar-refractivity contribution in [1.29, 1.82) is 0 Å². The number of carbonyl (C=O) groups excluding carboxylic acids is 3. The lowest BCUT2D eigenvalue weighted by Gasteiger charge is -2.29. The lowest BCUT2D eigenvalue weighted by Crippen LogP contribution is -2.47. The fraction of sp³-hybridized carbons (Fsp3) is 0.842. The van der Waals surface area contributed by atoms with Gasteiger partial charge >= 0.3 is 0 Å². The Morgan fingerprint density at radius 2 is 1.46 bits per heavy atom. The summed E-state index contributed by atoms with van der Waals surface area (Å²) in [6.07, 6.45) is 0.229. The third kappa shape index (κ3) is 11.8. The first-order chi connectivity index (χ1) is 11.5. The van der Waals surface area contributed by atoms with E-state index in [4.69, 9.17) is 4.74 Å². The Morgan fingerprint density at radius 1 is 0.923 bits per heavy atom. The Hall–Kier alpha value is -1.63. The van der Waals surface area contributed by atoms with Gasteiger partial charge in [-0.1, -0.05) is 20.8 Å². The Bertz CT molecular complexity index is 502. The van der Waals surface area contributed by atoms with Crippen LogP contribution in [0.25, 0.3) is 0 Å².